The van der Waals surface area contributed by atoms with Crippen LogP contribution in [0.25, 0.3) is 11.0 Å². The summed E-state index contributed by atoms with van der Waals surface area (Å²) in [5.41, 5.74) is 1.21. The van der Waals surface area contributed by atoms with Crippen LogP contribution in [0.1, 0.15) is 28.6 Å². The Balaban J connectivity index is 1.49. The lowest BCUT2D eigenvalue weighted by molar-refractivity contribution is -0.129. The number of carbonyl (C=O) groups excluding carboxylic acids is 2. The van der Waals surface area contributed by atoms with Gasteiger partial charge in [-0.1, -0.05) is 24.3 Å². The Bertz CT molecular complexity index is 1280. The highest BCUT2D eigenvalue weighted by Gasteiger charge is 2.44. The second kappa shape index (κ2) is 8.14. The minimum atomic E-state index is -0.750. The maximum atomic E-state index is 13.4. The molecule has 0 aliphatic carbocycles. The molecule has 5 rings (SSSR count). The quantitative estimate of drug-likeness (QED) is 0.451. The van der Waals surface area contributed by atoms with Gasteiger partial charge < -0.3 is 19.0 Å². The number of rotatable bonds is 7. The molecular formula is C24H20N4O4. The van der Waals surface area contributed by atoms with E-state index in [1.807, 2.05) is 29.0 Å². The van der Waals surface area contributed by atoms with E-state index in [0.29, 0.717) is 30.7 Å². The molecule has 1 amide bonds. The number of Topliss-reactive ketones (excluding diaryl/α,β-unsaturated/α-hetero) is 1. The number of fused-ring (bicyclic) bond motifs is 1. The largest absolute Gasteiger partial charge is 0.503 e. The summed E-state index contributed by atoms with van der Waals surface area (Å²) in [6.07, 6.45) is 9.09. The lowest BCUT2D eigenvalue weighted by Gasteiger charge is -2.26. The molecule has 4 heterocycles. The molecule has 8 heteroatoms. The number of aliphatic hydroxyl groups excluding tert-OH is 1. The normalized spacial score (nSPS) is 16.3. The Morgan fingerprint density at radius 1 is 1.09 bits per heavy atom. The van der Waals surface area contributed by atoms with Crippen molar-refractivity contribution in [3.05, 3.63) is 96.2 Å². The van der Waals surface area contributed by atoms with Crippen LogP contribution in [0, 0.1) is 0 Å². The molecule has 0 bridgehead atoms. The molecule has 4 aromatic rings. The van der Waals surface area contributed by atoms with Crippen molar-refractivity contribution in [2.45, 2.75) is 19.0 Å². The Morgan fingerprint density at radius 3 is 2.72 bits per heavy atom. The second-order valence-corrected chi connectivity index (χ2v) is 7.58. The smallest absolute Gasteiger partial charge is 0.290 e. The van der Waals surface area contributed by atoms with Crippen LogP contribution in [-0.2, 0) is 11.3 Å². The predicted molar refractivity (Wildman–Crippen MR) is 116 cm³/mol. The number of aromatic nitrogens is 3. The minimum absolute atomic E-state index is 0.00434. The summed E-state index contributed by atoms with van der Waals surface area (Å²) in [4.78, 5) is 36.1. The number of amides is 1. The van der Waals surface area contributed by atoms with Gasteiger partial charge >= 0.3 is 0 Å². The molecule has 0 radical (unpaired) electrons. The number of nitrogens with zero attached hydrogens (tertiary/aromatic N) is 4. The van der Waals surface area contributed by atoms with E-state index >= 15 is 0 Å². The lowest BCUT2D eigenvalue weighted by Crippen LogP contribution is -2.32. The molecule has 1 aromatic carbocycles. The van der Waals surface area contributed by atoms with Crippen molar-refractivity contribution in [1.82, 2.24) is 19.4 Å². The molecule has 32 heavy (non-hydrogen) atoms. The molecule has 3 aromatic heterocycles. The van der Waals surface area contributed by atoms with Crippen LogP contribution in [0.2, 0.25) is 0 Å². The number of aryl methyl sites for hydroxylation is 1. The van der Waals surface area contributed by atoms with Gasteiger partial charge in [0.2, 0.25) is 5.78 Å². The highest BCUT2D eigenvalue weighted by Crippen LogP contribution is 2.39. The highest BCUT2D eigenvalue weighted by molar-refractivity contribution is 6.15. The molecule has 8 nitrogen and oxygen atoms in total. The van der Waals surface area contributed by atoms with E-state index in [-0.39, 0.29) is 11.3 Å². The summed E-state index contributed by atoms with van der Waals surface area (Å²) in [5, 5.41) is 11.5. The summed E-state index contributed by atoms with van der Waals surface area (Å²) in [7, 11) is 0. The summed E-state index contributed by atoms with van der Waals surface area (Å²) >= 11 is 0. The zero-order valence-electron chi connectivity index (χ0n) is 17.1. The first-order valence-corrected chi connectivity index (χ1v) is 10.3. The first-order chi connectivity index (χ1) is 15.6. The van der Waals surface area contributed by atoms with Crippen LogP contribution >= 0.6 is 0 Å². The fourth-order valence-corrected chi connectivity index (χ4v) is 4.07. The van der Waals surface area contributed by atoms with Crippen molar-refractivity contribution in [1.29, 1.82) is 0 Å². The lowest BCUT2D eigenvalue weighted by atomic mass is 9.96. The molecule has 0 saturated heterocycles. The summed E-state index contributed by atoms with van der Waals surface area (Å²) in [5.74, 6) is -1.57. The third kappa shape index (κ3) is 3.45. The van der Waals surface area contributed by atoms with E-state index in [4.69, 9.17) is 4.42 Å². The maximum Gasteiger partial charge on any atom is 0.290 e. The molecule has 0 unspecified atom stereocenters. The number of imidazole rings is 1. The van der Waals surface area contributed by atoms with E-state index in [2.05, 4.69) is 9.97 Å². The van der Waals surface area contributed by atoms with E-state index in [1.165, 1.54) is 4.90 Å². The van der Waals surface area contributed by atoms with Gasteiger partial charge in [-0.15, -0.1) is 0 Å². The first kappa shape index (κ1) is 19.7. The van der Waals surface area contributed by atoms with E-state index in [9.17, 15) is 14.7 Å². The van der Waals surface area contributed by atoms with Crippen LogP contribution in [0.5, 0.6) is 0 Å². The zero-order chi connectivity index (χ0) is 22.1. The number of benzene rings is 1. The van der Waals surface area contributed by atoms with Gasteiger partial charge in [0.1, 0.15) is 5.58 Å². The molecular weight excluding hydrogens is 408 g/mol. The van der Waals surface area contributed by atoms with Crippen molar-refractivity contribution in [3.63, 3.8) is 0 Å². The van der Waals surface area contributed by atoms with Gasteiger partial charge in [0.25, 0.3) is 5.91 Å². The van der Waals surface area contributed by atoms with E-state index in [1.54, 1.807) is 49.2 Å². The molecule has 1 N–H and O–H groups in total. The Labute approximate surface area is 183 Å². The number of aliphatic hydroxyl groups is 1. The number of hydrogen-bond acceptors (Lipinski definition) is 6. The first-order valence-electron chi connectivity index (χ1n) is 10.3. The van der Waals surface area contributed by atoms with Crippen LogP contribution in [0.3, 0.4) is 0 Å². The Morgan fingerprint density at radius 2 is 1.97 bits per heavy atom. The Hall–Kier alpha value is -4.20. The maximum absolute atomic E-state index is 13.4. The molecule has 0 saturated carbocycles. The third-order valence-electron chi connectivity index (χ3n) is 5.57. The van der Waals surface area contributed by atoms with Crippen molar-refractivity contribution in [2.24, 2.45) is 0 Å². The molecule has 1 aliphatic rings. The monoisotopic (exact) mass is 428 g/mol. The standard InChI is InChI=1S/C24H20N4O4/c29-22(19-13-16-5-1-2-7-18(16)32-19)20-21(17-6-3-8-25-14-17)28(24(31)23(20)30)11-4-10-27-12-9-26-15-27/h1-3,5-9,12-15,21,30H,4,10-11H2/t21-/m1/s1. The number of hydrogen-bond donors (Lipinski definition) is 1. The average molecular weight is 428 g/mol. The molecule has 0 spiro atoms. The molecule has 0 fully saturated rings. The summed E-state index contributed by atoms with van der Waals surface area (Å²) < 4.78 is 7.63. The SMILES string of the molecule is O=C(C1=C(O)C(=O)N(CCCn2ccnc2)[C@@H]1c1cccnc1)c1cc2ccccc2o1. The Kier molecular flexibility index (Phi) is 5.03. The van der Waals surface area contributed by atoms with E-state index < -0.39 is 23.5 Å². The number of pyridine rings is 1. The highest BCUT2D eigenvalue weighted by atomic mass is 16.3. The molecule has 1 aliphatic heterocycles. The van der Waals surface area contributed by atoms with Crippen LogP contribution in [0.15, 0.2) is 89.3 Å². The summed E-state index contributed by atoms with van der Waals surface area (Å²) in [6, 6.07) is 11.7. The molecule has 1 atom stereocenters. The predicted octanol–water partition coefficient (Wildman–Crippen LogP) is 3.69. The number of para-hydroxylation sites is 1. The number of carbonyl (C=O) groups is 2. The fourth-order valence-electron chi connectivity index (χ4n) is 4.07. The number of ketones is 1. The van der Waals surface area contributed by atoms with Crippen molar-refractivity contribution >= 4 is 22.7 Å². The average Bonchev–Trinajstić information content (AvgIpc) is 3.54. The van der Waals surface area contributed by atoms with Crippen LogP contribution < -0.4 is 0 Å². The van der Waals surface area contributed by atoms with Gasteiger partial charge in [-0.3, -0.25) is 14.6 Å². The van der Waals surface area contributed by atoms with Crippen LogP contribution in [-0.4, -0.2) is 42.8 Å². The van der Waals surface area contributed by atoms with Gasteiger partial charge in [0, 0.05) is 43.3 Å². The topological polar surface area (TPSA) is 101 Å². The third-order valence-corrected chi connectivity index (χ3v) is 5.57. The minimum Gasteiger partial charge on any atom is -0.503 e. The number of furan rings is 1. The van der Waals surface area contributed by atoms with Crippen LogP contribution in [0.4, 0.5) is 0 Å². The van der Waals surface area contributed by atoms with Gasteiger partial charge in [0.15, 0.2) is 11.5 Å². The van der Waals surface area contributed by atoms with Crippen molar-refractivity contribution < 1.29 is 19.1 Å². The van der Waals surface area contributed by atoms with Crippen molar-refractivity contribution in [2.75, 3.05) is 6.54 Å². The van der Waals surface area contributed by atoms with Gasteiger partial charge in [-0.05, 0) is 30.2 Å². The van der Waals surface area contributed by atoms with E-state index in [0.717, 1.165) is 5.39 Å². The van der Waals surface area contributed by atoms with Gasteiger partial charge in [0.05, 0.1) is 17.9 Å². The van der Waals surface area contributed by atoms with Crippen molar-refractivity contribution in [3.8, 4) is 0 Å². The fraction of sp³-hybridized carbons (Fsp3) is 0.167. The van der Waals surface area contributed by atoms with Gasteiger partial charge in [-0.25, -0.2) is 4.98 Å². The second-order valence-electron chi connectivity index (χ2n) is 7.58. The summed E-state index contributed by atoms with van der Waals surface area (Å²) in [6.45, 7) is 0.995. The zero-order valence-corrected chi connectivity index (χ0v) is 17.1. The van der Waals surface area contributed by atoms with Gasteiger partial charge in [-0.2, -0.15) is 0 Å². The molecule has 160 valence electrons.